The van der Waals surface area contributed by atoms with Crippen LogP contribution < -0.4 is 3.87 Å². The molecule has 0 N–H and O–H groups in total. The molecule has 5 heteroatoms. The summed E-state index contributed by atoms with van der Waals surface area (Å²) in [7, 11) is 0. The Morgan fingerprint density at radius 2 is 1.63 bits per heavy atom. The average molecular weight is 438 g/mol. The molecule has 0 heterocycles. The SMILES string of the molecule is [CH2]=[Ti]([O]C(=O)CC)([O]C(=O)CC)([C]1=CC=CC1)[c]1cccc2c1Cc1ccccc1-2. The summed E-state index contributed by atoms with van der Waals surface area (Å²) in [6.07, 6.45) is 7.46. The molecule has 0 spiro atoms. The maximum absolute atomic E-state index is 12.7. The van der Waals surface area contributed by atoms with Gasteiger partial charge in [-0.3, -0.25) is 0 Å². The molecule has 4 nitrogen and oxygen atoms in total. The molecular weight excluding hydrogens is 412 g/mol. The quantitative estimate of drug-likeness (QED) is 0.529. The van der Waals surface area contributed by atoms with Crippen LogP contribution in [0.4, 0.5) is 0 Å². The number of allylic oxidation sites excluding steroid dienone is 4. The van der Waals surface area contributed by atoms with E-state index in [1.54, 1.807) is 13.8 Å². The van der Waals surface area contributed by atoms with Crippen molar-refractivity contribution in [3.05, 3.63) is 75.7 Å². The minimum absolute atomic E-state index is 0.189. The van der Waals surface area contributed by atoms with Gasteiger partial charge >= 0.3 is 179 Å². The standard InChI is InChI=1S/C13H9.C5H5.2C3H6O2.CH2.Ti/c1-3-7-12-10(5-1)9-11-6-2-4-8-13(11)12;1-2-4-5-3-1;2*1-2-3(4)5;;/h1-5,7-8H,9H2;1-3H,4H2;2*2H2,1H3,(H,4,5);1H2;/q;;;;;+2/p-2. The van der Waals surface area contributed by atoms with Crippen LogP contribution in [0.3, 0.4) is 0 Å². The molecule has 30 heavy (non-hydrogen) atoms. The van der Waals surface area contributed by atoms with Gasteiger partial charge in [0.25, 0.3) is 0 Å². The number of rotatable bonds is 6. The Morgan fingerprint density at radius 3 is 2.27 bits per heavy atom. The first kappa shape index (κ1) is 20.7. The summed E-state index contributed by atoms with van der Waals surface area (Å²) in [5.41, 5.74) is 4.51. The number of fused-ring (bicyclic) bond motifs is 3. The third-order valence-electron chi connectivity index (χ3n) is 6.05. The van der Waals surface area contributed by atoms with Crippen molar-refractivity contribution in [2.75, 3.05) is 0 Å². The molecule has 0 bridgehead atoms. The molecule has 0 atom stereocenters. The van der Waals surface area contributed by atoms with Gasteiger partial charge in [0.15, 0.2) is 0 Å². The fourth-order valence-electron chi connectivity index (χ4n) is 4.51. The third kappa shape index (κ3) is 3.15. The molecule has 4 rings (SSSR count). The average Bonchev–Trinajstić information content (AvgIpc) is 3.42. The van der Waals surface area contributed by atoms with E-state index in [4.69, 9.17) is 6.64 Å². The number of hydrogen-bond acceptors (Lipinski definition) is 4. The molecule has 0 saturated heterocycles. The molecule has 0 aromatic heterocycles. The van der Waals surface area contributed by atoms with E-state index >= 15 is 0 Å². The Morgan fingerprint density at radius 1 is 0.967 bits per heavy atom. The van der Waals surface area contributed by atoms with Crippen LogP contribution in [0, 0.1) is 0 Å². The van der Waals surface area contributed by atoms with Crippen molar-refractivity contribution in [3.8, 4) is 11.1 Å². The summed E-state index contributed by atoms with van der Waals surface area (Å²) in [6.45, 7) is 3.49. The van der Waals surface area contributed by atoms with Gasteiger partial charge in [-0.1, -0.05) is 0 Å². The molecule has 0 saturated carbocycles. The fraction of sp³-hybridized carbons (Fsp3) is 0.240. The van der Waals surface area contributed by atoms with E-state index in [9.17, 15) is 9.59 Å². The molecule has 0 unspecified atom stereocenters. The van der Waals surface area contributed by atoms with E-state index in [1.807, 2.05) is 42.5 Å². The zero-order valence-electron chi connectivity index (χ0n) is 17.4. The Labute approximate surface area is 178 Å². The van der Waals surface area contributed by atoms with Gasteiger partial charge in [-0.25, -0.2) is 0 Å². The molecule has 0 fully saturated rings. The Hall–Kier alpha value is -2.56. The van der Waals surface area contributed by atoms with Gasteiger partial charge in [0, 0.05) is 0 Å². The van der Waals surface area contributed by atoms with Crippen molar-refractivity contribution in [1.82, 2.24) is 0 Å². The first-order valence-electron chi connectivity index (χ1n) is 10.4. The van der Waals surface area contributed by atoms with Crippen LogP contribution in [0.15, 0.2) is 64.6 Å². The molecule has 154 valence electrons. The fourth-order valence-corrected chi connectivity index (χ4v) is 11.3. The number of hydrogen-bond donors (Lipinski definition) is 0. The van der Waals surface area contributed by atoms with E-state index in [1.165, 1.54) is 5.56 Å². The normalized spacial score (nSPS) is 14.7. The Kier molecular flexibility index (Phi) is 5.25. The van der Waals surface area contributed by atoms with E-state index < -0.39 is 27.6 Å². The summed E-state index contributed by atoms with van der Waals surface area (Å²) < 4.78 is 14.1. The zero-order valence-corrected chi connectivity index (χ0v) is 19.0. The molecule has 2 aromatic rings. The molecule has 2 aliphatic carbocycles. The summed E-state index contributed by atoms with van der Waals surface area (Å²) in [6, 6.07) is 14.2. The van der Waals surface area contributed by atoms with E-state index in [0.717, 1.165) is 24.4 Å². The van der Waals surface area contributed by atoms with Gasteiger partial charge in [-0.05, 0) is 0 Å². The van der Waals surface area contributed by atoms with Crippen molar-refractivity contribution in [2.45, 2.75) is 39.5 Å². The van der Waals surface area contributed by atoms with Crippen LogP contribution in [0.1, 0.15) is 44.2 Å². The predicted octanol–water partition coefficient (Wildman–Crippen LogP) is 4.58. The van der Waals surface area contributed by atoms with Gasteiger partial charge in [0.1, 0.15) is 0 Å². The first-order chi connectivity index (χ1) is 14.4. The summed E-state index contributed by atoms with van der Waals surface area (Å²) in [4.78, 5) is 30.0. The maximum atomic E-state index is 12.7. The van der Waals surface area contributed by atoms with Gasteiger partial charge in [-0.2, -0.15) is 0 Å². The second-order valence-corrected chi connectivity index (χ2v) is 14.3. The van der Waals surface area contributed by atoms with E-state index in [2.05, 4.69) is 23.0 Å². The molecule has 2 aromatic carbocycles. The van der Waals surface area contributed by atoms with Crippen molar-refractivity contribution in [2.24, 2.45) is 0 Å². The summed E-state index contributed by atoms with van der Waals surface area (Å²) in [5, 5.41) is 0. The minimum atomic E-state index is -5.19. The summed E-state index contributed by atoms with van der Waals surface area (Å²) >= 11 is -5.19. The molecule has 0 aliphatic heterocycles. The molecule has 2 aliphatic rings. The van der Waals surface area contributed by atoms with Crippen molar-refractivity contribution in [1.29, 1.82) is 0 Å². The third-order valence-corrected chi connectivity index (χ3v) is 13.2. The van der Waals surface area contributed by atoms with Crippen molar-refractivity contribution >= 4 is 20.6 Å². The molecule has 0 amide bonds. The van der Waals surface area contributed by atoms with Gasteiger partial charge in [0.2, 0.25) is 0 Å². The zero-order chi connectivity index (χ0) is 21.4. The van der Waals surface area contributed by atoms with E-state index in [-0.39, 0.29) is 12.8 Å². The van der Waals surface area contributed by atoms with Crippen LogP contribution in [0.25, 0.3) is 11.1 Å². The van der Waals surface area contributed by atoms with Crippen molar-refractivity contribution < 1.29 is 31.8 Å². The van der Waals surface area contributed by atoms with Gasteiger partial charge < -0.3 is 0 Å². The predicted molar refractivity (Wildman–Crippen MR) is 116 cm³/mol. The van der Waals surface area contributed by atoms with Crippen LogP contribution >= 0.6 is 0 Å². The Balaban J connectivity index is 2.02. The van der Waals surface area contributed by atoms with Crippen LogP contribution in [-0.4, -0.2) is 16.8 Å². The molecule has 0 radical (unpaired) electrons. The van der Waals surface area contributed by atoms with Gasteiger partial charge in [-0.15, -0.1) is 0 Å². The molecular formula is C25H26O4Ti. The Bertz CT molecular complexity index is 1150. The number of carbonyl (C=O) groups is 2. The number of carbonyl (C=O) groups excluding carboxylic acids is 2. The first-order valence-corrected chi connectivity index (χ1v) is 14.4. The second-order valence-electron chi connectivity index (χ2n) is 7.90. The van der Waals surface area contributed by atoms with E-state index in [0.29, 0.717) is 12.8 Å². The number of benzene rings is 2. The van der Waals surface area contributed by atoms with Gasteiger partial charge in [0.05, 0.1) is 0 Å². The topological polar surface area (TPSA) is 52.6 Å². The second kappa shape index (κ2) is 7.61. The van der Waals surface area contributed by atoms with Crippen LogP contribution in [-0.2, 0) is 38.3 Å². The monoisotopic (exact) mass is 438 g/mol. The van der Waals surface area contributed by atoms with Crippen LogP contribution in [0.2, 0.25) is 0 Å². The van der Waals surface area contributed by atoms with Crippen LogP contribution in [0.5, 0.6) is 0 Å². The van der Waals surface area contributed by atoms with Crippen molar-refractivity contribution in [3.63, 3.8) is 0 Å². The summed E-state index contributed by atoms with van der Waals surface area (Å²) in [5.74, 6) is -0.793.